The fraction of sp³-hybridized carbons (Fsp3) is 0.560. The normalized spacial score (nSPS) is 24.6. The summed E-state index contributed by atoms with van der Waals surface area (Å²) in [7, 11) is 0. The van der Waals surface area contributed by atoms with Crippen LogP contribution in [0.1, 0.15) is 48.2 Å². The predicted molar refractivity (Wildman–Crippen MR) is 117 cm³/mol. The molecule has 0 spiro atoms. The van der Waals surface area contributed by atoms with Gasteiger partial charge in [0.15, 0.2) is 0 Å². The predicted octanol–water partition coefficient (Wildman–Crippen LogP) is 5.20. The highest BCUT2D eigenvalue weighted by Gasteiger charge is 2.40. The highest BCUT2D eigenvalue weighted by atomic mass is 19.4. The largest absolute Gasteiger partial charge is 0.401 e. The number of aromatic nitrogens is 1. The van der Waals surface area contributed by atoms with E-state index in [2.05, 4.69) is 9.88 Å². The van der Waals surface area contributed by atoms with Gasteiger partial charge in [-0.1, -0.05) is 30.3 Å². The van der Waals surface area contributed by atoms with Crippen molar-refractivity contribution in [3.8, 4) is 0 Å². The maximum absolute atomic E-state index is 13.4. The highest BCUT2D eigenvalue weighted by molar-refractivity contribution is 5.38. The zero-order valence-corrected chi connectivity index (χ0v) is 18.5. The van der Waals surface area contributed by atoms with Crippen LogP contribution in [0.25, 0.3) is 0 Å². The summed E-state index contributed by atoms with van der Waals surface area (Å²) in [6.45, 7) is 3.40. The van der Waals surface area contributed by atoms with Crippen LogP contribution in [0.3, 0.4) is 0 Å². The zero-order valence-electron chi connectivity index (χ0n) is 18.5. The van der Waals surface area contributed by atoms with Gasteiger partial charge in [0.05, 0.1) is 25.0 Å². The third kappa shape index (κ3) is 5.49. The van der Waals surface area contributed by atoms with E-state index in [1.807, 2.05) is 49.5 Å². The second kappa shape index (κ2) is 9.87. The first-order valence-corrected chi connectivity index (χ1v) is 11.5. The molecule has 7 heteroatoms. The van der Waals surface area contributed by atoms with Gasteiger partial charge >= 0.3 is 6.18 Å². The number of fused-ring (bicyclic) bond motifs is 1. The van der Waals surface area contributed by atoms with Crippen molar-refractivity contribution in [1.82, 2.24) is 14.8 Å². The molecule has 2 aliphatic rings. The van der Waals surface area contributed by atoms with Gasteiger partial charge in [-0.25, -0.2) is 0 Å². The summed E-state index contributed by atoms with van der Waals surface area (Å²) >= 11 is 0. The van der Waals surface area contributed by atoms with Crippen LogP contribution in [0.4, 0.5) is 17.6 Å². The van der Waals surface area contributed by atoms with E-state index in [1.165, 1.54) is 4.90 Å². The lowest BCUT2D eigenvalue weighted by atomic mass is 9.86. The molecule has 1 aromatic heterocycles. The van der Waals surface area contributed by atoms with E-state index in [0.29, 0.717) is 24.5 Å². The first-order chi connectivity index (χ1) is 15.3. The maximum Gasteiger partial charge on any atom is 0.401 e. The Bertz CT molecular complexity index is 884. The van der Waals surface area contributed by atoms with Crippen LogP contribution < -0.4 is 0 Å². The van der Waals surface area contributed by atoms with E-state index < -0.39 is 18.8 Å². The molecule has 0 aliphatic carbocycles. The maximum atomic E-state index is 13.4. The van der Waals surface area contributed by atoms with Gasteiger partial charge in [0, 0.05) is 25.3 Å². The Balaban J connectivity index is 1.52. The number of rotatable bonds is 7. The number of alkyl halides is 4. The summed E-state index contributed by atoms with van der Waals surface area (Å²) in [5.41, 5.74) is 3.77. The Hall–Kier alpha value is -1.99. The van der Waals surface area contributed by atoms with Gasteiger partial charge in [-0.05, 0) is 67.8 Å². The molecule has 1 saturated heterocycles. The quantitative estimate of drug-likeness (QED) is 0.542. The SMILES string of the molecule is C[C@@H]1Cc2ccccc2C(c2ccc(CC3CCN(CCCF)C3)cn2)N1CC(F)(F)F. The third-order valence-electron chi connectivity index (χ3n) is 6.75. The van der Waals surface area contributed by atoms with Crippen molar-refractivity contribution < 1.29 is 17.6 Å². The molecule has 0 bridgehead atoms. The number of hydrogen-bond donors (Lipinski definition) is 0. The monoisotopic (exact) mass is 449 g/mol. The second-order valence-corrected chi connectivity index (χ2v) is 9.24. The number of nitrogens with zero attached hydrogens (tertiary/aromatic N) is 3. The summed E-state index contributed by atoms with van der Waals surface area (Å²) in [5, 5.41) is 0. The summed E-state index contributed by atoms with van der Waals surface area (Å²) < 4.78 is 52.6. The summed E-state index contributed by atoms with van der Waals surface area (Å²) in [6, 6.07) is 10.9. The van der Waals surface area contributed by atoms with Crippen LogP contribution in [0, 0.1) is 5.92 Å². The van der Waals surface area contributed by atoms with Crippen molar-refractivity contribution in [2.24, 2.45) is 5.92 Å². The first-order valence-electron chi connectivity index (χ1n) is 11.5. The lowest BCUT2D eigenvalue weighted by Crippen LogP contribution is -2.47. The average Bonchev–Trinajstić information content (AvgIpc) is 3.20. The molecule has 2 aliphatic heterocycles. The van der Waals surface area contributed by atoms with Crippen molar-refractivity contribution >= 4 is 0 Å². The molecular formula is C25H31F4N3. The fourth-order valence-electron chi connectivity index (χ4n) is 5.26. The van der Waals surface area contributed by atoms with Gasteiger partial charge in [0.1, 0.15) is 0 Å². The molecule has 0 radical (unpaired) electrons. The van der Waals surface area contributed by atoms with Gasteiger partial charge in [-0.3, -0.25) is 14.3 Å². The molecule has 1 fully saturated rings. The Morgan fingerprint density at radius 2 is 1.94 bits per heavy atom. The molecule has 174 valence electrons. The molecule has 2 unspecified atom stereocenters. The molecule has 32 heavy (non-hydrogen) atoms. The van der Waals surface area contributed by atoms with Crippen molar-refractivity contribution in [1.29, 1.82) is 0 Å². The van der Waals surface area contributed by atoms with Crippen LogP contribution in [0.5, 0.6) is 0 Å². The highest BCUT2D eigenvalue weighted by Crippen LogP contribution is 2.39. The van der Waals surface area contributed by atoms with Crippen LogP contribution in [0.15, 0.2) is 42.6 Å². The van der Waals surface area contributed by atoms with Crippen molar-refractivity contribution in [2.75, 3.05) is 32.9 Å². The fourth-order valence-corrected chi connectivity index (χ4v) is 5.26. The Kier molecular flexibility index (Phi) is 7.15. The van der Waals surface area contributed by atoms with Crippen molar-refractivity contribution in [3.05, 3.63) is 65.0 Å². The van der Waals surface area contributed by atoms with E-state index in [1.54, 1.807) is 0 Å². The number of hydrogen-bond acceptors (Lipinski definition) is 3. The van der Waals surface area contributed by atoms with Gasteiger partial charge in [0.2, 0.25) is 0 Å². The molecule has 4 rings (SSSR count). The van der Waals surface area contributed by atoms with Gasteiger partial charge < -0.3 is 4.90 Å². The van der Waals surface area contributed by atoms with Crippen LogP contribution in [-0.4, -0.2) is 59.9 Å². The Labute approximate surface area is 187 Å². The van der Waals surface area contributed by atoms with Gasteiger partial charge in [0.25, 0.3) is 0 Å². The first kappa shape index (κ1) is 23.2. The van der Waals surface area contributed by atoms with Crippen molar-refractivity contribution in [3.63, 3.8) is 0 Å². The lowest BCUT2D eigenvalue weighted by molar-refractivity contribution is -0.155. The molecule has 2 aromatic rings. The smallest absolute Gasteiger partial charge is 0.303 e. The third-order valence-corrected chi connectivity index (χ3v) is 6.75. The molecule has 0 saturated carbocycles. The molecule has 3 atom stereocenters. The van der Waals surface area contributed by atoms with E-state index in [-0.39, 0.29) is 12.7 Å². The number of pyridine rings is 1. The molecular weight excluding hydrogens is 418 g/mol. The Morgan fingerprint density at radius 1 is 1.12 bits per heavy atom. The number of likely N-dealkylation sites (tertiary alicyclic amines) is 1. The summed E-state index contributed by atoms with van der Waals surface area (Å²) in [6.07, 6.45) is 0.715. The molecule has 1 aromatic carbocycles. The molecule has 0 N–H and O–H groups in total. The minimum Gasteiger partial charge on any atom is -0.303 e. The van der Waals surface area contributed by atoms with Crippen LogP contribution >= 0.6 is 0 Å². The molecule has 3 heterocycles. The van der Waals surface area contributed by atoms with E-state index in [0.717, 1.165) is 49.2 Å². The minimum atomic E-state index is -4.27. The summed E-state index contributed by atoms with van der Waals surface area (Å²) in [4.78, 5) is 8.49. The van der Waals surface area contributed by atoms with Crippen molar-refractivity contribution in [2.45, 2.75) is 50.9 Å². The average molecular weight is 450 g/mol. The van der Waals surface area contributed by atoms with E-state index in [4.69, 9.17) is 0 Å². The minimum absolute atomic E-state index is 0.230. The standard InChI is InChI=1S/C25H31F4N3/c1-18-13-21-5-2-3-6-22(21)24(32(18)17-25(27,28)29)23-8-7-19(15-30-23)14-20-9-12-31(16-20)11-4-10-26/h2-3,5-8,15,18,20,24H,4,9-14,16-17H2,1H3/t18-,20?,24?/m1/s1. The van der Waals surface area contributed by atoms with Crippen LogP contribution in [-0.2, 0) is 12.8 Å². The molecule has 3 nitrogen and oxygen atoms in total. The zero-order chi connectivity index (χ0) is 22.7. The van der Waals surface area contributed by atoms with E-state index in [9.17, 15) is 17.6 Å². The second-order valence-electron chi connectivity index (χ2n) is 9.24. The number of halogens is 4. The lowest BCUT2D eigenvalue weighted by Gasteiger charge is -2.42. The topological polar surface area (TPSA) is 19.4 Å². The van der Waals surface area contributed by atoms with Gasteiger partial charge in [-0.15, -0.1) is 0 Å². The Morgan fingerprint density at radius 3 is 2.66 bits per heavy atom. The van der Waals surface area contributed by atoms with Crippen LogP contribution in [0.2, 0.25) is 0 Å². The van der Waals surface area contributed by atoms with E-state index >= 15 is 0 Å². The molecule has 0 amide bonds. The number of benzene rings is 1. The summed E-state index contributed by atoms with van der Waals surface area (Å²) in [5.74, 6) is 0.513. The van der Waals surface area contributed by atoms with Gasteiger partial charge in [-0.2, -0.15) is 13.2 Å².